The lowest BCUT2D eigenvalue weighted by Gasteiger charge is -2.11. The van der Waals surface area contributed by atoms with Crippen molar-refractivity contribution in [2.45, 2.75) is 12.5 Å². The van der Waals surface area contributed by atoms with Crippen molar-refractivity contribution in [2.24, 2.45) is 5.73 Å². The van der Waals surface area contributed by atoms with Crippen molar-refractivity contribution in [2.75, 3.05) is 6.67 Å². The van der Waals surface area contributed by atoms with Crippen molar-refractivity contribution in [3.63, 3.8) is 0 Å². The molecule has 0 spiro atoms. The fourth-order valence-electron chi connectivity index (χ4n) is 1.86. The SMILES string of the molecule is N[C@H](CCF)c1cccc(-c2ccccc2)c1. The molecule has 1 nitrogen and oxygen atoms in total. The average Bonchev–Trinajstić information content (AvgIpc) is 2.40. The Bertz CT molecular complexity index is 467. The third-order valence-electron chi connectivity index (χ3n) is 2.84. The molecule has 2 aromatic rings. The summed E-state index contributed by atoms with van der Waals surface area (Å²) in [5.74, 6) is 0. The van der Waals surface area contributed by atoms with Gasteiger partial charge in [0.25, 0.3) is 0 Å². The third-order valence-corrected chi connectivity index (χ3v) is 2.84. The summed E-state index contributed by atoms with van der Waals surface area (Å²) >= 11 is 0. The molecular formula is C15H16FN. The van der Waals surface area contributed by atoms with E-state index in [1.165, 1.54) is 0 Å². The van der Waals surface area contributed by atoms with Crippen LogP contribution in [0.25, 0.3) is 11.1 Å². The van der Waals surface area contributed by atoms with Gasteiger partial charge in [0.15, 0.2) is 0 Å². The predicted octanol–water partition coefficient (Wildman–Crippen LogP) is 3.71. The zero-order valence-corrected chi connectivity index (χ0v) is 9.64. The van der Waals surface area contributed by atoms with Crippen LogP contribution in [0.15, 0.2) is 54.6 Å². The molecule has 0 unspecified atom stereocenters. The van der Waals surface area contributed by atoms with Gasteiger partial charge in [-0.05, 0) is 29.2 Å². The molecule has 1 atom stereocenters. The topological polar surface area (TPSA) is 26.0 Å². The lowest BCUT2D eigenvalue weighted by atomic mass is 9.99. The second-order valence-electron chi connectivity index (χ2n) is 4.08. The predicted molar refractivity (Wildman–Crippen MR) is 69.4 cm³/mol. The molecule has 0 radical (unpaired) electrons. The number of halogens is 1. The van der Waals surface area contributed by atoms with Gasteiger partial charge in [0.05, 0.1) is 6.67 Å². The van der Waals surface area contributed by atoms with Crippen molar-refractivity contribution in [3.05, 3.63) is 60.2 Å². The summed E-state index contributed by atoms with van der Waals surface area (Å²) in [6.07, 6.45) is 0.373. The van der Waals surface area contributed by atoms with E-state index in [2.05, 4.69) is 12.1 Å². The first kappa shape index (κ1) is 11.8. The molecule has 0 heterocycles. The highest BCUT2D eigenvalue weighted by Gasteiger charge is 2.06. The van der Waals surface area contributed by atoms with Gasteiger partial charge in [0.1, 0.15) is 0 Å². The highest BCUT2D eigenvalue weighted by molar-refractivity contribution is 5.64. The molecule has 0 aliphatic carbocycles. The Morgan fingerprint density at radius 1 is 0.941 bits per heavy atom. The second kappa shape index (κ2) is 5.60. The van der Waals surface area contributed by atoms with E-state index in [4.69, 9.17) is 5.73 Å². The first-order valence-electron chi connectivity index (χ1n) is 5.78. The summed E-state index contributed by atoms with van der Waals surface area (Å²) in [7, 11) is 0. The minimum Gasteiger partial charge on any atom is -0.324 e. The van der Waals surface area contributed by atoms with Gasteiger partial charge in [-0.2, -0.15) is 0 Å². The van der Waals surface area contributed by atoms with E-state index in [9.17, 15) is 4.39 Å². The summed E-state index contributed by atoms with van der Waals surface area (Å²) in [6, 6.07) is 17.9. The van der Waals surface area contributed by atoms with Gasteiger partial charge < -0.3 is 5.73 Å². The third kappa shape index (κ3) is 2.92. The van der Waals surface area contributed by atoms with E-state index in [1.54, 1.807) is 0 Å². The fraction of sp³-hybridized carbons (Fsp3) is 0.200. The molecule has 0 amide bonds. The van der Waals surface area contributed by atoms with E-state index in [1.807, 2.05) is 42.5 Å². The quantitative estimate of drug-likeness (QED) is 0.849. The van der Waals surface area contributed by atoms with Crippen molar-refractivity contribution in [1.82, 2.24) is 0 Å². The molecule has 2 rings (SSSR count). The Kier molecular flexibility index (Phi) is 3.89. The van der Waals surface area contributed by atoms with Crippen LogP contribution in [-0.4, -0.2) is 6.67 Å². The number of rotatable bonds is 4. The maximum Gasteiger partial charge on any atom is 0.0912 e. The van der Waals surface area contributed by atoms with Crippen LogP contribution < -0.4 is 5.73 Å². The van der Waals surface area contributed by atoms with Gasteiger partial charge in [-0.25, -0.2) is 0 Å². The van der Waals surface area contributed by atoms with Gasteiger partial charge in [0.2, 0.25) is 0 Å². The Morgan fingerprint density at radius 3 is 2.35 bits per heavy atom. The lowest BCUT2D eigenvalue weighted by molar-refractivity contribution is 0.442. The van der Waals surface area contributed by atoms with Crippen LogP contribution in [0, 0.1) is 0 Å². The Morgan fingerprint density at radius 2 is 1.65 bits per heavy atom. The molecule has 17 heavy (non-hydrogen) atoms. The number of hydrogen-bond donors (Lipinski definition) is 1. The second-order valence-corrected chi connectivity index (χ2v) is 4.08. The summed E-state index contributed by atoms with van der Waals surface area (Å²) in [6.45, 7) is -0.378. The van der Waals surface area contributed by atoms with E-state index < -0.39 is 0 Å². The summed E-state index contributed by atoms with van der Waals surface area (Å²) < 4.78 is 12.3. The van der Waals surface area contributed by atoms with Gasteiger partial charge in [-0.1, -0.05) is 48.5 Å². The summed E-state index contributed by atoms with van der Waals surface area (Å²) in [4.78, 5) is 0. The molecule has 0 bridgehead atoms. The standard InChI is InChI=1S/C15H16FN/c16-10-9-15(17)14-8-4-7-13(11-14)12-5-2-1-3-6-12/h1-8,11,15H,9-10,17H2/t15-/m1/s1. The fourth-order valence-corrected chi connectivity index (χ4v) is 1.86. The molecule has 0 aromatic heterocycles. The highest BCUT2D eigenvalue weighted by Crippen LogP contribution is 2.23. The Labute approximate surface area is 101 Å². The average molecular weight is 229 g/mol. The van der Waals surface area contributed by atoms with Crippen molar-refractivity contribution in [1.29, 1.82) is 0 Å². The monoisotopic (exact) mass is 229 g/mol. The Balaban J connectivity index is 2.29. The van der Waals surface area contributed by atoms with Crippen molar-refractivity contribution < 1.29 is 4.39 Å². The molecule has 88 valence electrons. The number of alkyl halides is 1. The zero-order valence-electron chi connectivity index (χ0n) is 9.64. The molecular weight excluding hydrogens is 213 g/mol. The van der Waals surface area contributed by atoms with Crippen LogP contribution in [0.3, 0.4) is 0 Å². The lowest BCUT2D eigenvalue weighted by Crippen LogP contribution is -2.10. The molecule has 0 saturated carbocycles. The van der Waals surface area contributed by atoms with E-state index >= 15 is 0 Å². The summed E-state index contributed by atoms with van der Waals surface area (Å²) in [5.41, 5.74) is 9.18. The Hall–Kier alpha value is -1.67. The maximum atomic E-state index is 12.3. The van der Waals surface area contributed by atoms with Gasteiger partial charge in [-0.15, -0.1) is 0 Å². The molecule has 2 heteroatoms. The van der Waals surface area contributed by atoms with Crippen molar-refractivity contribution in [3.8, 4) is 11.1 Å². The van der Waals surface area contributed by atoms with E-state index in [0.29, 0.717) is 6.42 Å². The largest absolute Gasteiger partial charge is 0.324 e. The van der Waals surface area contributed by atoms with Crippen LogP contribution in [-0.2, 0) is 0 Å². The minimum absolute atomic E-state index is 0.219. The molecule has 0 aliphatic rings. The smallest absolute Gasteiger partial charge is 0.0912 e. The van der Waals surface area contributed by atoms with E-state index in [0.717, 1.165) is 16.7 Å². The number of benzene rings is 2. The van der Waals surface area contributed by atoms with Crippen LogP contribution in [0.2, 0.25) is 0 Å². The normalized spacial score (nSPS) is 12.4. The molecule has 0 saturated heterocycles. The van der Waals surface area contributed by atoms with Gasteiger partial charge in [0, 0.05) is 6.04 Å². The van der Waals surface area contributed by atoms with Crippen LogP contribution in [0.4, 0.5) is 4.39 Å². The highest BCUT2D eigenvalue weighted by atomic mass is 19.1. The first-order chi connectivity index (χ1) is 8.31. The summed E-state index contributed by atoms with van der Waals surface area (Å²) in [5, 5.41) is 0. The zero-order chi connectivity index (χ0) is 12.1. The van der Waals surface area contributed by atoms with Crippen LogP contribution in [0.5, 0.6) is 0 Å². The molecule has 2 N–H and O–H groups in total. The van der Waals surface area contributed by atoms with Crippen LogP contribution in [0.1, 0.15) is 18.0 Å². The maximum absolute atomic E-state index is 12.3. The first-order valence-corrected chi connectivity index (χ1v) is 5.78. The van der Waals surface area contributed by atoms with Gasteiger partial charge in [-0.3, -0.25) is 4.39 Å². The van der Waals surface area contributed by atoms with Crippen LogP contribution >= 0.6 is 0 Å². The molecule has 2 aromatic carbocycles. The minimum atomic E-state index is -0.378. The number of hydrogen-bond acceptors (Lipinski definition) is 1. The van der Waals surface area contributed by atoms with E-state index in [-0.39, 0.29) is 12.7 Å². The van der Waals surface area contributed by atoms with Gasteiger partial charge >= 0.3 is 0 Å². The number of nitrogens with two attached hydrogens (primary N) is 1. The molecule has 0 fully saturated rings. The molecule has 0 aliphatic heterocycles. The van der Waals surface area contributed by atoms with Crippen molar-refractivity contribution >= 4 is 0 Å².